The molecule has 1 aromatic carbocycles. The summed E-state index contributed by atoms with van der Waals surface area (Å²) in [5, 5.41) is 0. The summed E-state index contributed by atoms with van der Waals surface area (Å²) in [5.74, 6) is 0.479. The SMILES string of the molecule is CC(Oc1ccc(S(C)(=O)=O)cc1)C(=O)N1CCCC1. The summed E-state index contributed by atoms with van der Waals surface area (Å²) in [6.45, 7) is 3.30. The second-order valence-corrected chi connectivity index (χ2v) is 7.05. The normalized spacial score (nSPS) is 17.0. The Bertz CT molecular complexity index is 574. The van der Waals surface area contributed by atoms with Gasteiger partial charge in [0.05, 0.1) is 4.90 Å². The summed E-state index contributed by atoms with van der Waals surface area (Å²) >= 11 is 0. The van der Waals surface area contributed by atoms with Crippen LogP contribution in [0.1, 0.15) is 19.8 Å². The van der Waals surface area contributed by atoms with Crippen LogP contribution in [0, 0.1) is 0 Å². The summed E-state index contributed by atoms with van der Waals surface area (Å²) in [7, 11) is -3.21. The van der Waals surface area contributed by atoms with Crippen molar-refractivity contribution in [3.05, 3.63) is 24.3 Å². The Labute approximate surface area is 119 Å². The van der Waals surface area contributed by atoms with Gasteiger partial charge in [-0.05, 0) is 44.0 Å². The fourth-order valence-corrected chi connectivity index (χ4v) is 2.85. The van der Waals surface area contributed by atoms with Gasteiger partial charge in [0.1, 0.15) is 5.75 Å². The van der Waals surface area contributed by atoms with Crippen molar-refractivity contribution in [1.82, 2.24) is 4.90 Å². The van der Waals surface area contributed by atoms with Gasteiger partial charge in [0.2, 0.25) is 0 Å². The molecule has 1 fully saturated rings. The first-order valence-corrected chi connectivity index (χ1v) is 8.52. The molecule has 5 nitrogen and oxygen atoms in total. The van der Waals surface area contributed by atoms with E-state index in [0.717, 1.165) is 32.2 Å². The Kier molecular flexibility index (Phi) is 4.32. The van der Waals surface area contributed by atoms with Gasteiger partial charge < -0.3 is 9.64 Å². The Morgan fingerprint density at radius 3 is 2.25 bits per heavy atom. The minimum atomic E-state index is -3.21. The Morgan fingerprint density at radius 1 is 1.20 bits per heavy atom. The van der Waals surface area contributed by atoms with Crippen LogP contribution >= 0.6 is 0 Å². The van der Waals surface area contributed by atoms with Gasteiger partial charge in [0.25, 0.3) is 5.91 Å². The standard InChI is InChI=1S/C14H19NO4S/c1-11(14(16)15-9-3-4-10-15)19-12-5-7-13(8-6-12)20(2,17)18/h5-8,11H,3-4,9-10H2,1-2H3. The highest BCUT2D eigenvalue weighted by atomic mass is 32.2. The number of hydrogen-bond acceptors (Lipinski definition) is 4. The minimum Gasteiger partial charge on any atom is -0.481 e. The molecule has 1 aliphatic rings. The van der Waals surface area contributed by atoms with Gasteiger partial charge in [-0.15, -0.1) is 0 Å². The van der Waals surface area contributed by atoms with E-state index >= 15 is 0 Å². The summed E-state index contributed by atoms with van der Waals surface area (Å²) in [6, 6.07) is 6.11. The predicted molar refractivity (Wildman–Crippen MR) is 75.5 cm³/mol. The van der Waals surface area contributed by atoms with Gasteiger partial charge in [-0.1, -0.05) is 0 Å². The van der Waals surface area contributed by atoms with E-state index in [1.165, 1.54) is 12.1 Å². The van der Waals surface area contributed by atoms with E-state index in [0.29, 0.717) is 5.75 Å². The summed E-state index contributed by atoms with van der Waals surface area (Å²) in [6.07, 6.45) is 2.68. The number of carbonyl (C=O) groups is 1. The molecular formula is C14H19NO4S. The number of likely N-dealkylation sites (tertiary alicyclic amines) is 1. The third-order valence-corrected chi connectivity index (χ3v) is 4.46. The number of rotatable bonds is 4. The lowest BCUT2D eigenvalue weighted by atomic mass is 10.3. The lowest BCUT2D eigenvalue weighted by Crippen LogP contribution is -2.38. The minimum absolute atomic E-state index is 0.0188. The zero-order valence-electron chi connectivity index (χ0n) is 11.7. The number of benzene rings is 1. The molecular weight excluding hydrogens is 278 g/mol. The molecule has 0 spiro atoms. The molecule has 6 heteroatoms. The average molecular weight is 297 g/mol. The number of ether oxygens (including phenoxy) is 1. The van der Waals surface area contributed by atoms with Gasteiger partial charge in [-0.2, -0.15) is 0 Å². The van der Waals surface area contributed by atoms with Crippen LogP contribution in [0.4, 0.5) is 0 Å². The molecule has 0 aliphatic carbocycles. The van der Waals surface area contributed by atoms with E-state index in [1.54, 1.807) is 24.0 Å². The maximum absolute atomic E-state index is 12.1. The van der Waals surface area contributed by atoms with Crippen molar-refractivity contribution in [3.63, 3.8) is 0 Å². The van der Waals surface area contributed by atoms with E-state index in [4.69, 9.17) is 4.74 Å². The lowest BCUT2D eigenvalue weighted by molar-refractivity contribution is -0.136. The Hall–Kier alpha value is -1.56. The number of sulfone groups is 1. The lowest BCUT2D eigenvalue weighted by Gasteiger charge is -2.21. The summed E-state index contributed by atoms with van der Waals surface area (Å²) in [4.78, 5) is 14.1. The first-order valence-electron chi connectivity index (χ1n) is 6.63. The van der Waals surface area contributed by atoms with Crippen molar-refractivity contribution in [2.45, 2.75) is 30.8 Å². The fraction of sp³-hybridized carbons (Fsp3) is 0.500. The van der Waals surface area contributed by atoms with Crippen LogP contribution in [-0.2, 0) is 14.6 Å². The van der Waals surface area contributed by atoms with Crippen molar-refractivity contribution < 1.29 is 17.9 Å². The van der Waals surface area contributed by atoms with Crippen LogP contribution in [-0.4, -0.2) is 44.7 Å². The summed E-state index contributed by atoms with van der Waals surface area (Å²) < 4.78 is 28.3. The van der Waals surface area contributed by atoms with Crippen molar-refractivity contribution in [3.8, 4) is 5.75 Å². The van der Waals surface area contributed by atoms with E-state index in [1.807, 2.05) is 0 Å². The number of hydrogen-bond donors (Lipinski definition) is 0. The maximum Gasteiger partial charge on any atom is 0.263 e. The second kappa shape index (κ2) is 5.83. The van der Waals surface area contributed by atoms with Crippen LogP contribution in [0.15, 0.2) is 29.2 Å². The molecule has 1 atom stereocenters. The van der Waals surface area contributed by atoms with E-state index in [2.05, 4.69) is 0 Å². The van der Waals surface area contributed by atoms with Gasteiger partial charge in [0.15, 0.2) is 15.9 Å². The highest BCUT2D eigenvalue weighted by Gasteiger charge is 2.24. The highest BCUT2D eigenvalue weighted by Crippen LogP contribution is 2.18. The molecule has 1 unspecified atom stereocenters. The topological polar surface area (TPSA) is 63.7 Å². The third kappa shape index (κ3) is 3.50. The molecule has 1 heterocycles. The average Bonchev–Trinajstić information content (AvgIpc) is 2.91. The molecule has 0 N–H and O–H groups in total. The number of amides is 1. The largest absolute Gasteiger partial charge is 0.481 e. The van der Waals surface area contributed by atoms with Crippen LogP contribution in [0.3, 0.4) is 0 Å². The molecule has 0 aromatic heterocycles. The van der Waals surface area contributed by atoms with E-state index < -0.39 is 15.9 Å². The first-order chi connectivity index (χ1) is 9.38. The van der Waals surface area contributed by atoms with E-state index in [9.17, 15) is 13.2 Å². The molecule has 1 amide bonds. The van der Waals surface area contributed by atoms with Crippen LogP contribution < -0.4 is 4.74 Å². The zero-order valence-corrected chi connectivity index (χ0v) is 12.5. The molecule has 110 valence electrons. The second-order valence-electron chi connectivity index (χ2n) is 5.04. The Morgan fingerprint density at radius 2 is 1.75 bits per heavy atom. The number of carbonyl (C=O) groups excluding carboxylic acids is 1. The maximum atomic E-state index is 12.1. The molecule has 20 heavy (non-hydrogen) atoms. The quantitative estimate of drug-likeness (QED) is 0.844. The summed E-state index contributed by atoms with van der Waals surface area (Å²) in [5.41, 5.74) is 0. The third-order valence-electron chi connectivity index (χ3n) is 3.33. The van der Waals surface area contributed by atoms with Gasteiger partial charge in [-0.25, -0.2) is 8.42 Å². The van der Waals surface area contributed by atoms with Gasteiger partial charge >= 0.3 is 0 Å². The molecule has 1 aliphatic heterocycles. The molecule has 0 saturated carbocycles. The van der Waals surface area contributed by atoms with Gasteiger partial charge in [0, 0.05) is 19.3 Å². The van der Waals surface area contributed by atoms with Crippen molar-refractivity contribution in [1.29, 1.82) is 0 Å². The molecule has 1 saturated heterocycles. The number of nitrogens with zero attached hydrogens (tertiary/aromatic N) is 1. The van der Waals surface area contributed by atoms with Crippen molar-refractivity contribution in [2.24, 2.45) is 0 Å². The smallest absolute Gasteiger partial charge is 0.263 e. The van der Waals surface area contributed by atoms with Gasteiger partial charge in [-0.3, -0.25) is 4.79 Å². The highest BCUT2D eigenvalue weighted by molar-refractivity contribution is 7.90. The van der Waals surface area contributed by atoms with Crippen LogP contribution in [0.25, 0.3) is 0 Å². The Balaban J connectivity index is 2.00. The predicted octanol–water partition coefficient (Wildman–Crippen LogP) is 1.48. The molecule has 2 rings (SSSR count). The van der Waals surface area contributed by atoms with E-state index in [-0.39, 0.29) is 10.8 Å². The van der Waals surface area contributed by atoms with Crippen molar-refractivity contribution in [2.75, 3.05) is 19.3 Å². The molecule has 0 radical (unpaired) electrons. The first kappa shape index (κ1) is 14.8. The monoisotopic (exact) mass is 297 g/mol. The molecule has 0 bridgehead atoms. The zero-order chi connectivity index (χ0) is 14.8. The van der Waals surface area contributed by atoms with Crippen molar-refractivity contribution >= 4 is 15.7 Å². The van der Waals surface area contributed by atoms with Crippen LogP contribution in [0.5, 0.6) is 5.75 Å². The molecule has 1 aromatic rings. The fourth-order valence-electron chi connectivity index (χ4n) is 2.21. The van der Waals surface area contributed by atoms with Crippen LogP contribution in [0.2, 0.25) is 0 Å².